The van der Waals surface area contributed by atoms with Gasteiger partial charge in [0.05, 0.1) is 13.2 Å². The van der Waals surface area contributed by atoms with E-state index in [1.54, 1.807) is 24.3 Å². The summed E-state index contributed by atoms with van der Waals surface area (Å²) in [6.45, 7) is 3.33. The monoisotopic (exact) mass is 748 g/mol. The molecule has 1 aliphatic heterocycles. The SMILES string of the molecule is CCCCCCCCCCCCCCN(C(=O)CCCCCCCCCCC)[C@@H]1O[C@H](CO)[C@@H](O)[C@H](O)[C@H]1N(C(=O)CN)C(=O)OCc1ccccc1. The first-order valence-corrected chi connectivity index (χ1v) is 20.9. The van der Waals surface area contributed by atoms with Gasteiger partial charge in [-0.3, -0.25) is 9.59 Å². The first-order valence-electron chi connectivity index (χ1n) is 20.9. The number of benzene rings is 1. The van der Waals surface area contributed by atoms with E-state index in [1.807, 2.05) is 6.07 Å². The fourth-order valence-electron chi connectivity index (χ4n) is 7.14. The molecule has 11 heteroatoms. The van der Waals surface area contributed by atoms with Crippen molar-refractivity contribution in [1.82, 2.24) is 9.80 Å². The van der Waals surface area contributed by atoms with Crippen molar-refractivity contribution in [1.29, 1.82) is 0 Å². The molecule has 304 valence electrons. The van der Waals surface area contributed by atoms with Crippen LogP contribution >= 0.6 is 0 Å². The van der Waals surface area contributed by atoms with Crippen molar-refractivity contribution in [2.24, 2.45) is 5.73 Å². The van der Waals surface area contributed by atoms with Crippen LogP contribution in [0.2, 0.25) is 0 Å². The molecule has 1 saturated heterocycles. The summed E-state index contributed by atoms with van der Waals surface area (Å²) < 4.78 is 11.7. The highest BCUT2D eigenvalue weighted by Crippen LogP contribution is 2.30. The lowest BCUT2D eigenvalue weighted by molar-refractivity contribution is -0.244. The van der Waals surface area contributed by atoms with Crippen LogP contribution in [0.4, 0.5) is 4.79 Å². The minimum atomic E-state index is -1.74. The molecule has 11 nitrogen and oxygen atoms in total. The minimum absolute atomic E-state index is 0.149. The van der Waals surface area contributed by atoms with Gasteiger partial charge >= 0.3 is 6.09 Å². The topological polar surface area (TPSA) is 163 Å². The summed E-state index contributed by atoms with van der Waals surface area (Å²) in [6, 6.07) is 7.42. The number of imide groups is 1. The molecule has 53 heavy (non-hydrogen) atoms. The van der Waals surface area contributed by atoms with Crippen LogP contribution in [-0.2, 0) is 25.7 Å². The fraction of sp³-hybridized carbons (Fsp3) is 0.786. The standard InChI is InChI=1S/C42H73N3O8/c1-3-5-7-9-11-13-14-15-17-19-21-26-30-44(36(47)29-25-20-18-16-12-10-8-6-4-2)41-38(40(50)39(49)35(32-46)53-41)45(37(48)31-43)42(51)52-33-34-27-23-22-24-28-34/h22-24,27-28,35,38-41,46,49-50H,3-21,25-26,29-33,43H2,1-2H3/t35-,38-,39-,40-,41-/m1/s1. The Hall–Kier alpha value is -2.57. The molecule has 0 spiro atoms. The highest BCUT2D eigenvalue weighted by molar-refractivity contribution is 5.93. The second-order valence-corrected chi connectivity index (χ2v) is 14.8. The van der Waals surface area contributed by atoms with Gasteiger partial charge in [0.2, 0.25) is 11.8 Å². The van der Waals surface area contributed by atoms with Crippen LogP contribution in [0.15, 0.2) is 30.3 Å². The van der Waals surface area contributed by atoms with Crippen molar-refractivity contribution in [3.05, 3.63) is 35.9 Å². The van der Waals surface area contributed by atoms with E-state index in [9.17, 15) is 29.7 Å². The molecule has 0 aromatic heterocycles. The molecule has 1 heterocycles. The maximum Gasteiger partial charge on any atom is 0.417 e. The Labute approximate surface area is 320 Å². The third kappa shape index (κ3) is 17.6. The highest BCUT2D eigenvalue weighted by Gasteiger charge is 2.53. The number of aliphatic hydroxyl groups is 3. The maximum atomic E-state index is 14.0. The van der Waals surface area contributed by atoms with Crippen LogP contribution in [-0.4, -0.2) is 93.3 Å². The molecule has 0 radical (unpaired) electrons. The number of hydrogen-bond acceptors (Lipinski definition) is 9. The Morgan fingerprint density at radius 2 is 1.19 bits per heavy atom. The normalized spacial score (nSPS) is 19.9. The van der Waals surface area contributed by atoms with Gasteiger partial charge in [0.25, 0.3) is 0 Å². The maximum absolute atomic E-state index is 14.0. The van der Waals surface area contributed by atoms with E-state index in [0.29, 0.717) is 23.3 Å². The quantitative estimate of drug-likeness (QED) is 0.0613. The first kappa shape index (κ1) is 46.6. The van der Waals surface area contributed by atoms with Crippen molar-refractivity contribution in [3.8, 4) is 0 Å². The molecule has 0 bridgehead atoms. The summed E-state index contributed by atoms with van der Waals surface area (Å²) in [7, 11) is 0. The number of hydrogen-bond donors (Lipinski definition) is 4. The Morgan fingerprint density at radius 1 is 0.698 bits per heavy atom. The Bertz CT molecular complexity index is 1110. The molecular weight excluding hydrogens is 674 g/mol. The Kier molecular flexibility index (Phi) is 25.3. The van der Waals surface area contributed by atoms with Gasteiger partial charge in [-0.25, -0.2) is 9.69 Å². The summed E-state index contributed by atoms with van der Waals surface area (Å²) in [4.78, 5) is 43.2. The van der Waals surface area contributed by atoms with Crippen molar-refractivity contribution in [2.45, 2.75) is 192 Å². The number of nitrogens with two attached hydrogens (primary N) is 1. The summed E-state index contributed by atoms with van der Waals surface area (Å²) in [5.74, 6) is -1.09. The average molecular weight is 748 g/mol. The highest BCUT2D eigenvalue weighted by atomic mass is 16.6. The minimum Gasteiger partial charge on any atom is -0.444 e. The molecule has 1 aliphatic rings. The predicted octanol–water partition coefficient (Wildman–Crippen LogP) is 7.37. The number of rotatable bonds is 29. The number of unbranched alkanes of at least 4 members (excludes halogenated alkanes) is 19. The Balaban J connectivity index is 2.19. The first-order chi connectivity index (χ1) is 25.8. The molecule has 2 rings (SSSR count). The molecular formula is C42H73N3O8. The molecule has 1 aromatic rings. The summed E-state index contributed by atoms with van der Waals surface area (Å²) in [6.07, 6.45) is 16.8. The van der Waals surface area contributed by atoms with E-state index in [0.717, 1.165) is 38.5 Å². The Morgan fingerprint density at radius 3 is 1.68 bits per heavy atom. The molecule has 5 atom stereocenters. The van der Waals surface area contributed by atoms with Crippen LogP contribution in [0, 0.1) is 0 Å². The zero-order valence-corrected chi connectivity index (χ0v) is 33.0. The van der Waals surface area contributed by atoms with Gasteiger partial charge in [-0.05, 0) is 18.4 Å². The number of aliphatic hydroxyl groups excluding tert-OH is 3. The molecule has 0 saturated carbocycles. The molecule has 3 amide bonds. The number of amides is 3. The number of ether oxygens (including phenoxy) is 2. The summed E-state index contributed by atoms with van der Waals surface area (Å²) in [5, 5.41) is 32.6. The average Bonchev–Trinajstić information content (AvgIpc) is 3.17. The third-order valence-corrected chi connectivity index (χ3v) is 10.4. The summed E-state index contributed by atoms with van der Waals surface area (Å²) in [5.41, 5.74) is 6.44. The summed E-state index contributed by atoms with van der Waals surface area (Å²) >= 11 is 0. The van der Waals surface area contributed by atoms with Gasteiger partial charge < -0.3 is 35.4 Å². The largest absolute Gasteiger partial charge is 0.444 e. The lowest BCUT2D eigenvalue weighted by atomic mass is 9.93. The van der Waals surface area contributed by atoms with E-state index >= 15 is 0 Å². The second-order valence-electron chi connectivity index (χ2n) is 14.8. The van der Waals surface area contributed by atoms with E-state index in [1.165, 1.54) is 88.4 Å². The van der Waals surface area contributed by atoms with Gasteiger partial charge in [0.1, 0.15) is 31.0 Å². The molecule has 5 N–H and O–H groups in total. The zero-order valence-electron chi connectivity index (χ0n) is 33.0. The lowest BCUT2D eigenvalue weighted by Gasteiger charge is -2.49. The van der Waals surface area contributed by atoms with Gasteiger partial charge in [0, 0.05) is 13.0 Å². The van der Waals surface area contributed by atoms with Gasteiger partial charge in [-0.2, -0.15) is 0 Å². The van der Waals surface area contributed by atoms with E-state index in [2.05, 4.69) is 13.8 Å². The van der Waals surface area contributed by atoms with E-state index < -0.39 is 55.7 Å². The lowest BCUT2D eigenvalue weighted by Crippen LogP contribution is -2.70. The number of nitrogens with zero attached hydrogens (tertiary/aromatic N) is 2. The molecule has 1 fully saturated rings. The number of carbonyl (C=O) groups is 3. The van der Waals surface area contributed by atoms with Crippen molar-refractivity contribution in [3.63, 3.8) is 0 Å². The number of carbonyl (C=O) groups excluding carboxylic acids is 3. The van der Waals surface area contributed by atoms with Crippen LogP contribution in [0.25, 0.3) is 0 Å². The smallest absolute Gasteiger partial charge is 0.417 e. The zero-order chi connectivity index (χ0) is 38.7. The van der Waals surface area contributed by atoms with E-state index in [4.69, 9.17) is 15.2 Å². The molecule has 0 aliphatic carbocycles. The third-order valence-electron chi connectivity index (χ3n) is 10.4. The van der Waals surface area contributed by atoms with E-state index in [-0.39, 0.29) is 25.5 Å². The van der Waals surface area contributed by atoms with Crippen molar-refractivity contribution >= 4 is 17.9 Å². The van der Waals surface area contributed by atoms with Gasteiger partial charge in [-0.1, -0.05) is 166 Å². The molecule has 0 unspecified atom stereocenters. The van der Waals surface area contributed by atoms with Crippen molar-refractivity contribution < 1.29 is 39.2 Å². The second kappa shape index (κ2) is 28.8. The van der Waals surface area contributed by atoms with Gasteiger partial charge in [0.15, 0.2) is 6.23 Å². The van der Waals surface area contributed by atoms with Crippen LogP contribution < -0.4 is 5.73 Å². The fourth-order valence-corrected chi connectivity index (χ4v) is 7.14. The predicted molar refractivity (Wildman–Crippen MR) is 209 cm³/mol. The molecule has 1 aromatic carbocycles. The van der Waals surface area contributed by atoms with Crippen molar-refractivity contribution in [2.75, 3.05) is 19.7 Å². The van der Waals surface area contributed by atoms with Crippen LogP contribution in [0.5, 0.6) is 0 Å². The van der Waals surface area contributed by atoms with Crippen LogP contribution in [0.3, 0.4) is 0 Å². The van der Waals surface area contributed by atoms with Crippen LogP contribution in [0.1, 0.15) is 161 Å². The van der Waals surface area contributed by atoms with Gasteiger partial charge in [-0.15, -0.1) is 0 Å².